The third-order valence-corrected chi connectivity index (χ3v) is 3.11. The van der Waals surface area contributed by atoms with Gasteiger partial charge < -0.3 is 21.1 Å². The summed E-state index contributed by atoms with van der Waals surface area (Å²) >= 11 is 0. The Balaban J connectivity index is 2.50. The van der Waals surface area contributed by atoms with Gasteiger partial charge in [0.15, 0.2) is 0 Å². The van der Waals surface area contributed by atoms with Gasteiger partial charge in [0.1, 0.15) is 6.04 Å². The topological polar surface area (TPSA) is 113 Å². The van der Waals surface area contributed by atoms with Crippen LogP contribution in [0.2, 0.25) is 0 Å². The fourth-order valence-corrected chi connectivity index (χ4v) is 1.96. The number of aliphatic carboxylic acids is 1. The molecule has 7 heteroatoms. The molecule has 1 fully saturated rings. The van der Waals surface area contributed by atoms with Crippen molar-refractivity contribution in [3.63, 3.8) is 0 Å². The van der Waals surface area contributed by atoms with E-state index in [2.05, 4.69) is 10.2 Å². The van der Waals surface area contributed by atoms with Crippen LogP contribution in [0, 0.1) is 5.92 Å². The average molecular weight is 257 g/mol. The van der Waals surface area contributed by atoms with Gasteiger partial charge in [-0.1, -0.05) is 0 Å². The van der Waals surface area contributed by atoms with Gasteiger partial charge in [-0.25, -0.2) is 4.79 Å². The molecule has 102 valence electrons. The number of nitrogens with two attached hydrogens (primary N) is 1. The highest BCUT2D eigenvalue weighted by Gasteiger charge is 2.28. The first-order chi connectivity index (χ1) is 8.40. The number of rotatable bonds is 5. The van der Waals surface area contributed by atoms with Gasteiger partial charge in [0.25, 0.3) is 0 Å². The van der Waals surface area contributed by atoms with Crippen molar-refractivity contribution in [3.8, 4) is 0 Å². The van der Waals surface area contributed by atoms with Crippen LogP contribution < -0.4 is 11.1 Å². The van der Waals surface area contributed by atoms with Crippen LogP contribution in [0.1, 0.15) is 19.3 Å². The molecule has 0 aromatic rings. The van der Waals surface area contributed by atoms with Crippen LogP contribution in [0.3, 0.4) is 0 Å². The lowest BCUT2D eigenvalue weighted by molar-refractivity contribution is -0.144. The van der Waals surface area contributed by atoms with Crippen LogP contribution in [-0.4, -0.2) is 54.0 Å². The first kappa shape index (κ1) is 14.4. The second kappa shape index (κ2) is 6.34. The molecule has 0 radical (unpaired) electrons. The van der Waals surface area contributed by atoms with Crippen molar-refractivity contribution in [3.05, 3.63) is 0 Å². The van der Waals surface area contributed by atoms with E-state index in [1.54, 1.807) is 0 Å². The van der Waals surface area contributed by atoms with E-state index in [0.29, 0.717) is 12.8 Å². The fourth-order valence-electron chi connectivity index (χ4n) is 1.96. The number of carboxylic acids is 1. The normalized spacial score (nSPS) is 19.2. The monoisotopic (exact) mass is 257 g/mol. The molecule has 0 aliphatic carbocycles. The van der Waals surface area contributed by atoms with E-state index in [1.165, 1.54) is 0 Å². The van der Waals surface area contributed by atoms with Gasteiger partial charge >= 0.3 is 5.97 Å². The second-order valence-electron chi connectivity index (χ2n) is 4.65. The van der Waals surface area contributed by atoms with Gasteiger partial charge in [0.2, 0.25) is 11.8 Å². The van der Waals surface area contributed by atoms with Crippen LogP contribution in [0.5, 0.6) is 0 Å². The minimum absolute atomic E-state index is 0.184. The Kier molecular flexibility index (Phi) is 5.08. The van der Waals surface area contributed by atoms with Crippen molar-refractivity contribution in [2.75, 3.05) is 20.1 Å². The molecule has 1 saturated heterocycles. The number of hydrogen-bond acceptors (Lipinski definition) is 4. The number of nitrogens with zero attached hydrogens (tertiary/aromatic N) is 1. The van der Waals surface area contributed by atoms with Crippen LogP contribution in [-0.2, 0) is 14.4 Å². The molecular formula is C11H19N3O4. The standard InChI is InChI=1S/C11H19N3O4/c1-14-4-2-7(3-5-14)10(16)13-8(11(17)18)6-9(12)15/h7-8H,2-6H2,1H3,(H2,12,15)(H,13,16)(H,17,18)/t8-/m0/s1. The number of carbonyl (C=O) groups excluding carboxylic acids is 2. The zero-order chi connectivity index (χ0) is 13.7. The number of piperidine rings is 1. The molecule has 4 N–H and O–H groups in total. The number of carboxylic acid groups (broad SMARTS) is 1. The Labute approximate surface area is 105 Å². The van der Waals surface area contributed by atoms with Crippen LogP contribution in [0.15, 0.2) is 0 Å². The lowest BCUT2D eigenvalue weighted by atomic mass is 9.96. The van der Waals surface area contributed by atoms with E-state index < -0.39 is 17.9 Å². The highest BCUT2D eigenvalue weighted by atomic mass is 16.4. The molecule has 0 bridgehead atoms. The molecule has 1 aliphatic heterocycles. The third kappa shape index (κ3) is 4.33. The summed E-state index contributed by atoms with van der Waals surface area (Å²) in [6, 6.07) is -1.23. The Hall–Kier alpha value is -1.63. The number of amides is 2. The molecule has 0 unspecified atom stereocenters. The van der Waals surface area contributed by atoms with Crippen molar-refractivity contribution in [1.29, 1.82) is 0 Å². The Morgan fingerprint density at radius 2 is 1.94 bits per heavy atom. The molecule has 0 spiro atoms. The first-order valence-electron chi connectivity index (χ1n) is 5.90. The Morgan fingerprint density at radius 1 is 1.39 bits per heavy atom. The SMILES string of the molecule is CN1CCC(C(=O)N[C@@H](CC(N)=O)C(=O)O)CC1. The van der Waals surface area contributed by atoms with E-state index in [4.69, 9.17) is 10.8 Å². The van der Waals surface area contributed by atoms with Gasteiger partial charge in [0.05, 0.1) is 6.42 Å². The molecule has 1 rings (SSSR count). The zero-order valence-corrected chi connectivity index (χ0v) is 10.4. The van der Waals surface area contributed by atoms with E-state index >= 15 is 0 Å². The summed E-state index contributed by atoms with van der Waals surface area (Å²) in [6.07, 6.45) is 1.02. The van der Waals surface area contributed by atoms with E-state index in [1.807, 2.05) is 7.05 Å². The van der Waals surface area contributed by atoms with Crippen molar-refractivity contribution < 1.29 is 19.5 Å². The van der Waals surface area contributed by atoms with E-state index in [9.17, 15) is 14.4 Å². The molecule has 1 atom stereocenters. The Bertz CT molecular complexity index is 337. The summed E-state index contributed by atoms with van der Waals surface area (Å²) in [5.74, 6) is -2.48. The minimum atomic E-state index is -1.24. The highest BCUT2D eigenvalue weighted by Crippen LogP contribution is 2.16. The van der Waals surface area contributed by atoms with Gasteiger partial charge in [-0.05, 0) is 33.0 Å². The number of nitrogens with one attached hydrogen (secondary N) is 1. The van der Waals surface area contributed by atoms with Crippen LogP contribution in [0.4, 0.5) is 0 Å². The van der Waals surface area contributed by atoms with Gasteiger partial charge in [0, 0.05) is 5.92 Å². The zero-order valence-electron chi connectivity index (χ0n) is 10.4. The molecule has 1 heterocycles. The van der Waals surface area contributed by atoms with E-state index in [-0.39, 0.29) is 18.2 Å². The number of likely N-dealkylation sites (tertiary alicyclic amines) is 1. The van der Waals surface area contributed by atoms with Crippen molar-refractivity contribution in [1.82, 2.24) is 10.2 Å². The predicted octanol–water partition coefficient (Wildman–Crippen LogP) is -1.23. The number of carbonyl (C=O) groups is 3. The molecule has 2 amide bonds. The van der Waals surface area contributed by atoms with Crippen molar-refractivity contribution >= 4 is 17.8 Å². The predicted molar refractivity (Wildman–Crippen MR) is 63.6 cm³/mol. The number of primary amides is 1. The first-order valence-corrected chi connectivity index (χ1v) is 5.90. The maximum absolute atomic E-state index is 11.9. The summed E-state index contributed by atoms with van der Waals surface area (Å²) in [5.41, 5.74) is 4.94. The molecule has 0 aromatic carbocycles. The lowest BCUT2D eigenvalue weighted by Crippen LogP contribution is -2.47. The lowest BCUT2D eigenvalue weighted by Gasteiger charge is -2.28. The summed E-state index contributed by atoms with van der Waals surface area (Å²) in [7, 11) is 1.97. The maximum atomic E-state index is 11.9. The summed E-state index contributed by atoms with van der Waals surface area (Å²) in [6.45, 7) is 1.62. The van der Waals surface area contributed by atoms with Gasteiger partial charge in [-0.2, -0.15) is 0 Å². The summed E-state index contributed by atoms with van der Waals surface area (Å²) in [4.78, 5) is 35.6. The minimum Gasteiger partial charge on any atom is -0.480 e. The molecule has 7 nitrogen and oxygen atoms in total. The van der Waals surface area contributed by atoms with Gasteiger partial charge in [-0.15, -0.1) is 0 Å². The molecule has 0 aromatic heterocycles. The van der Waals surface area contributed by atoms with Crippen LogP contribution in [0.25, 0.3) is 0 Å². The average Bonchev–Trinajstić information content (AvgIpc) is 2.28. The van der Waals surface area contributed by atoms with Crippen molar-refractivity contribution in [2.45, 2.75) is 25.3 Å². The number of hydrogen-bond donors (Lipinski definition) is 3. The van der Waals surface area contributed by atoms with Crippen molar-refractivity contribution in [2.24, 2.45) is 11.7 Å². The maximum Gasteiger partial charge on any atom is 0.326 e. The fraction of sp³-hybridized carbons (Fsp3) is 0.727. The summed E-state index contributed by atoms with van der Waals surface area (Å²) < 4.78 is 0. The Morgan fingerprint density at radius 3 is 2.39 bits per heavy atom. The molecule has 1 aliphatic rings. The third-order valence-electron chi connectivity index (χ3n) is 3.11. The molecule has 0 saturated carbocycles. The largest absolute Gasteiger partial charge is 0.480 e. The molecular weight excluding hydrogens is 238 g/mol. The van der Waals surface area contributed by atoms with Crippen LogP contribution >= 0.6 is 0 Å². The second-order valence-corrected chi connectivity index (χ2v) is 4.65. The molecule has 18 heavy (non-hydrogen) atoms. The van der Waals surface area contributed by atoms with E-state index in [0.717, 1.165) is 13.1 Å². The van der Waals surface area contributed by atoms with Gasteiger partial charge in [-0.3, -0.25) is 9.59 Å². The quantitative estimate of drug-likeness (QED) is 0.571. The highest BCUT2D eigenvalue weighted by molar-refractivity contribution is 5.88. The smallest absolute Gasteiger partial charge is 0.326 e. The summed E-state index contributed by atoms with van der Waals surface area (Å²) in [5, 5.41) is 11.3.